The maximum Gasteiger partial charge on any atom is 0.0720 e. The molecule has 4 unspecified atom stereocenters. The summed E-state index contributed by atoms with van der Waals surface area (Å²) in [5.74, 6) is 0. The summed E-state index contributed by atoms with van der Waals surface area (Å²) in [5, 5.41) is 5.22. The quantitative estimate of drug-likeness (QED) is 0.153. The highest BCUT2D eigenvalue weighted by Crippen LogP contribution is 2.63. The van der Waals surface area contributed by atoms with Gasteiger partial charge < -0.3 is 9.80 Å². The first-order valence-electron chi connectivity index (χ1n) is 28.8. The molecule has 5 aliphatic rings. The van der Waals surface area contributed by atoms with Crippen molar-refractivity contribution in [2.24, 2.45) is 10.8 Å². The van der Waals surface area contributed by atoms with E-state index in [-0.39, 0.29) is 21.9 Å². The minimum Gasteiger partial charge on any atom is -0.335 e. The Labute approximate surface area is 456 Å². The van der Waals surface area contributed by atoms with Crippen LogP contribution in [0.25, 0.3) is 54.9 Å². The summed E-state index contributed by atoms with van der Waals surface area (Å²) < 4.78 is 0. The predicted octanol–water partition coefficient (Wildman–Crippen LogP) is 19.8. The van der Waals surface area contributed by atoms with Crippen molar-refractivity contribution in [1.29, 1.82) is 0 Å². The van der Waals surface area contributed by atoms with Crippen molar-refractivity contribution in [3.63, 3.8) is 0 Å². The first-order chi connectivity index (χ1) is 37.6. The van der Waals surface area contributed by atoms with Gasteiger partial charge in [-0.25, -0.2) is 0 Å². The molecule has 10 aromatic rings. The number of rotatable bonds is 6. The third-order valence-corrected chi connectivity index (χ3v) is 20.9. The minimum atomic E-state index is -0.600. The molecule has 77 heavy (non-hydrogen) atoms. The van der Waals surface area contributed by atoms with Crippen molar-refractivity contribution in [3.05, 3.63) is 252 Å². The van der Waals surface area contributed by atoms with Gasteiger partial charge in [0, 0.05) is 33.8 Å². The summed E-state index contributed by atoms with van der Waals surface area (Å²) in [6.07, 6.45) is 12.2. The molecule has 378 valence electrons. The lowest BCUT2D eigenvalue weighted by Gasteiger charge is -2.60. The standard InChI is InChI=1S/C75H68N2/c1-71-41-19-21-43-73(71,3)76(59-27-13-7-14-28-59)67-39-35-51(45-55(67)49-71)53-33-37-63-65(47-53)61-31-17-18-32-62(61)69-64-38-34-54(48-66(64)75(70(63)69,57-23-9-5-10-24-57)58-25-11-6-12-26-58)52-36-40-68-56(46-52)50-72(2)42-20-22-44-74(72,4)77(68)60-29-15-8-16-30-60/h5-18,23-40,45-48H,19-22,41-44,49-50H2,1-4H3. The zero-order valence-electron chi connectivity index (χ0n) is 45.3. The fraction of sp³-hybridized carbons (Fsp3) is 0.253. The SMILES string of the molecule is CC12CCCCC1(C)N(c1ccccc1)c1ccc(-c3ccc4c(c3)C(c3ccccc3)(c3ccccc3)c3c-4c4ccccc4c4cc(-c5ccc6c(c5)CC5(C)CCCCC5(C)N6c5ccccc5)ccc34)cc1C2. The molecular weight excluding hydrogens is 929 g/mol. The van der Waals surface area contributed by atoms with Crippen LogP contribution in [0.15, 0.2) is 218 Å². The number of hydrogen-bond acceptors (Lipinski definition) is 2. The second-order valence-electron chi connectivity index (χ2n) is 24.8. The van der Waals surface area contributed by atoms with E-state index in [1.807, 2.05) is 0 Å². The third kappa shape index (κ3) is 6.60. The van der Waals surface area contributed by atoms with Crippen LogP contribution in [0.1, 0.15) is 112 Å². The molecule has 0 bridgehead atoms. The predicted molar refractivity (Wildman–Crippen MR) is 324 cm³/mol. The first-order valence-corrected chi connectivity index (χ1v) is 28.8. The second kappa shape index (κ2) is 17.2. The summed E-state index contributed by atoms with van der Waals surface area (Å²) in [6, 6.07) is 84.3. The number of benzene rings is 10. The third-order valence-electron chi connectivity index (χ3n) is 20.9. The fourth-order valence-corrected chi connectivity index (χ4v) is 16.6. The van der Waals surface area contributed by atoms with Crippen LogP contribution in [0.5, 0.6) is 0 Å². The summed E-state index contributed by atoms with van der Waals surface area (Å²) in [4.78, 5) is 5.45. The maximum atomic E-state index is 2.72. The Hall–Kier alpha value is -7.68. The number of fused-ring (bicyclic) bond motifs is 12. The highest BCUT2D eigenvalue weighted by Gasteiger charge is 2.56. The first kappa shape index (κ1) is 46.6. The molecule has 2 saturated carbocycles. The number of hydrogen-bond donors (Lipinski definition) is 0. The van der Waals surface area contributed by atoms with Gasteiger partial charge >= 0.3 is 0 Å². The second-order valence-corrected chi connectivity index (χ2v) is 24.8. The van der Waals surface area contributed by atoms with E-state index in [1.165, 1.54) is 162 Å². The van der Waals surface area contributed by atoms with Gasteiger partial charge in [0.2, 0.25) is 0 Å². The molecule has 0 saturated heterocycles. The van der Waals surface area contributed by atoms with Gasteiger partial charge in [0.1, 0.15) is 0 Å². The van der Waals surface area contributed by atoms with Gasteiger partial charge in [-0.2, -0.15) is 0 Å². The van der Waals surface area contributed by atoms with E-state index < -0.39 is 5.41 Å². The zero-order chi connectivity index (χ0) is 51.7. The molecule has 10 aromatic carbocycles. The molecule has 2 heterocycles. The van der Waals surface area contributed by atoms with Crippen molar-refractivity contribution < 1.29 is 0 Å². The van der Waals surface area contributed by atoms with Crippen LogP contribution in [-0.4, -0.2) is 11.1 Å². The van der Waals surface area contributed by atoms with Crippen molar-refractivity contribution in [1.82, 2.24) is 0 Å². The van der Waals surface area contributed by atoms with Crippen LogP contribution < -0.4 is 9.80 Å². The number of nitrogens with zero attached hydrogens (tertiary/aromatic N) is 2. The van der Waals surface area contributed by atoms with Crippen LogP contribution >= 0.6 is 0 Å². The van der Waals surface area contributed by atoms with Gasteiger partial charge in [0.25, 0.3) is 0 Å². The summed E-state index contributed by atoms with van der Waals surface area (Å²) in [6.45, 7) is 10.2. The van der Waals surface area contributed by atoms with Gasteiger partial charge in [-0.1, -0.05) is 197 Å². The Kier molecular flexibility index (Phi) is 10.4. The van der Waals surface area contributed by atoms with Gasteiger partial charge in [0.15, 0.2) is 0 Å². The average Bonchev–Trinajstić information content (AvgIpc) is 4.04. The number of anilines is 4. The van der Waals surface area contributed by atoms with Crippen LogP contribution in [0.2, 0.25) is 0 Å². The van der Waals surface area contributed by atoms with Gasteiger partial charge in [-0.3, -0.25) is 0 Å². The molecule has 2 fully saturated rings. The molecule has 0 spiro atoms. The molecule has 0 N–H and O–H groups in total. The minimum absolute atomic E-state index is 0.0403. The van der Waals surface area contributed by atoms with Crippen LogP contribution in [0, 0.1) is 10.8 Å². The molecule has 0 aromatic heterocycles. The van der Waals surface area contributed by atoms with E-state index in [9.17, 15) is 0 Å². The Bertz CT molecular complexity index is 3920. The van der Waals surface area contributed by atoms with Crippen molar-refractivity contribution in [2.45, 2.75) is 108 Å². The van der Waals surface area contributed by atoms with Crippen LogP contribution in [0.4, 0.5) is 22.7 Å². The van der Waals surface area contributed by atoms with Gasteiger partial charge in [-0.15, -0.1) is 0 Å². The van der Waals surface area contributed by atoms with Crippen molar-refractivity contribution in [3.8, 4) is 33.4 Å². The molecule has 0 radical (unpaired) electrons. The lowest BCUT2D eigenvalue weighted by atomic mass is 9.57. The molecule has 0 amide bonds. The normalized spacial score (nSPS) is 23.8. The Morgan fingerprint density at radius 2 is 0.779 bits per heavy atom. The van der Waals surface area contributed by atoms with Crippen LogP contribution in [0.3, 0.4) is 0 Å². The molecule has 4 atom stereocenters. The monoisotopic (exact) mass is 997 g/mol. The van der Waals surface area contributed by atoms with Crippen LogP contribution in [-0.2, 0) is 18.3 Å². The van der Waals surface area contributed by atoms with E-state index in [1.54, 1.807) is 0 Å². The summed E-state index contributed by atoms with van der Waals surface area (Å²) in [7, 11) is 0. The Morgan fingerprint density at radius 1 is 0.351 bits per heavy atom. The Morgan fingerprint density at radius 3 is 1.31 bits per heavy atom. The number of para-hydroxylation sites is 2. The molecule has 15 rings (SSSR count). The van der Waals surface area contributed by atoms with E-state index >= 15 is 0 Å². The van der Waals surface area contributed by atoms with Crippen molar-refractivity contribution >= 4 is 44.3 Å². The molecule has 2 aliphatic heterocycles. The lowest BCUT2D eigenvalue weighted by molar-refractivity contribution is 0.0863. The lowest BCUT2D eigenvalue weighted by Crippen LogP contribution is -2.60. The molecule has 2 heteroatoms. The zero-order valence-corrected chi connectivity index (χ0v) is 45.3. The smallest absolute Gasteiger partial charge is 0.0720 e. The van der Waals surface area contributed by atoms with E-state index in [0.29, 0.717) is 0 Å². The largest absolute Gasteiger partial charge is 0.335 e. The van der Waals surface area contributed by atoms with E-state index in [2.05, 4.69) is 256 Å². The Balaban J connectivity index is 0.928. The molecular formula is C75H68N2. The topological polar surface area (TPSA) is 6.48 Å². The summed E-state index contributed by atoms with van der Waals surface area (Å²) >= 11 is 0. The van der Waals surface area contributed by atoms with Gasteiger partial charge in [-0.05, 0) is 212 Å². The van der Waals surface area contributed by atoms with E-state index in [4.69, 9.17) is 0 Å². The van der Waals surface area contributed by atoms with Gasteiger partial charge in [0.05, 0.1) is 5.41 Å². The van der Waals surface area contributed by atoms with E-state index in [0.717, 1.165) is 12.8 Å². The molecule has 2 nitrogen and oxygen atoms in total. The highest BCUT2D eigenvalue weighted by atomic mass is 15.2. The average molecular weight is 997 g/mol. The summed E-state index contributed by atoms with van der Waals surface area (Å²) in [5.41, 5.74) is 21.1. The molecule has 3 aliphatic carbocycles. The highest BCUT2D eigenvalue weighted by molar-refractivity contribution is 6.20. The maximum absolute atomic E-state index is 2.72. The van der Waals surface area contributed by atoms with Crippen molar-refractivity contribution in [2.75, 3.05) is 9.80 Å². The fourth-order valence-electron chi connectivity index (χ4n) is 16.6.